The molecule has 7 heteroatoms. The van der Waals surface area contributed by atoms with Crippen LogP contribution in [-0.2, 0) is 6.54 Å². The van der Waals surface area contributed by atoms with E-state index in [-0.39, 0.29) is 0 Å². The van der Waals surface area contributed by atoms with Gasteiger partial charge < -0.3 is 10.2 Å². The molecule has 0 aliphatic carbocycles. The summed E-state index contributed by atoms with van der Waals surface area (Å²) in [5, 5.41) is 9.61. The fourth-order valence-electron chi connectivity index (χ4n) is 1.62. The molecule has 3 rings (SSSR count). The SMILES string of the molecule is Cc1oc(-c2cccs2)nc1Cn1cc(N)nn1. The zero-order valence-electron chi connectivity index (χ0n) is 9.70. The van der Waals surface area contributed by atoms with E-state index in [1.165, 1.54) is 0 Å². The van der Waals surface area contributed by atoms with Crippen LogP contribution in [0.4, 0.5) is 5.82 Å². The topological polar surface area (TPSA) is 82.8 Å². The number of thiophene rings is 1. The second-order valence-corrected chi connectivity index (χ2v) is 4.79. The largest absolute Gasteiger partial charge is 0.440 e. The van der Waals surface area contributed by atoms with Gasteiger partial charge in [0, 0.05) is 0 Å². The van der Waals surface area contributed by atoms with Crippen LogP contribution in [0, 0.1) is 6.92 Å². The maximum absolute atomic E-state index is 5.64. The lowest BCUT2D eigenvalue weighted by atomic mass is 10.3. The van der Waals surface area contributed by atoms with Crippen LogP contribution in [0.2, 0.25) is 0 Å². The number of rotatable bonds is 3. The zero-order chi connectivity index (χ0) is 12.5. The van der Waals surface area contributed by atoms with Crippen molar-refractivity contribution in [2.45, 2.75) is 13.5 Å². The molecule has 0 aliphatic rings. The first-order valence-corrected chi connectivity index (χ1v) is 6.26. The summed E-state index contributed by atoms with van der Waals surface area (Å²) in [5.74, 6) is 1.83. The first-order valence-electron chi connectivity index (χ1n) is 5.38. The Bertz CT molecular complexity index is 655. The average Bonchev–Trinajstić information content (AvgIpc) is 3.02. The van der Waals surface area contributed by atoms with Crippen molar-refractivity contribution >= 4 is 17.2 Å². The van der Waals surface area contributed by atoms with Gasteiger partial charge in [-0.15, -0.1) is 16.4 Å². The number of anilines is 1. The molecule has 0 aromatic carbocycles. The van der Waals surface area contributed by atoms with Crippen molar-refractivity contribution in [3.8, 4) is 10.8 Å². The van der Waals surface area contributed by atoms with E-state index in [0.717, 1.165) is 16.3 Å². The lowest BCUT2D eigenvalue weighted by Gasteiger charge is -1.95. The van der Waals surface area contributed by atoms with Crippen LogP contribution in [0.3, 0.4) is 0 Å². The molecule has 0 atom stereocenters. The summed E-state index contributed by atoms with van der Waals surface area (Å²) >= 11 is 1.60. The Kier molecular flexibility index (Phi) is 2.60. The highest BCUT2D eigenvalue weighted by Crippen LogP contribution is 2.26. The molecule has 0 amide bonds. The van der Waals surface area contributed by atoms with E-state index >= 15 is 0 Å². The minimum Gasteiger partial charge on any atom is -0.440 e. The highest BCUT2D eigenvalue weighted by molar-refractivity contribution is 7.13. The van der Waals surface area contributed by atoms with Crippen molar-refractivity contribution in [3.63, 3.8) is 0 Å². The maximum Gasteiger partial charge on any atom is 0.236 e. The van der Waals surface area contributed by atoms with Crippen molar-refractivity contribution in [2.75, 3.05) is 5.73 Å². The van der Waals surface area contributed by atoms with E-state index < -0.39 is 0 Å². The third kappa shape index (κ3) is 2.00. The normalized spacial score (nSPS) is 10.9. The summed E-state index contributed by atoms with van der Waals surface area (Å²) in [7, 11) is 0. The predicted octanol–water partition coefficient (Wildman–Crippen LogP) is 1.93. The third-order valence-electron chi connectivity index (χ3n) is 2.49. The molecule has 0 spiro atoms. The fourth-order valence-corrected chi connectivity index (χ4v) is 2.27. The van der Waals surface area contributed by atoms with Crippen LogP contribution >= 0.6 is 11.3 Å². The minimum atomic E-state index is 0.398. The molecule has 0 unspecified atom stereocenters. The van der Waals surface area contributed by atoms with Gasteiger partial charge >= 0.3 is 0 Å². The van der Waals surface area contributed by atoms with Crippen LogP contribution in [-0.4, -0.2) is 20.0 Å². The van der Waals surface area contributed by atoms with Gasteiger partial charge in [0.2, 0.25) is 5.89 Å². The van der Waals surface area contributed by atoms with Crippen LogP contribution in [0.5, 0.6) is 0 Å². The first kappa shape index (κ1) is 11.0. The molecule has 3 aromatic rings. The number of nitrogens with two attached hydrogens (primary N) is 1. The molecular formula is C11H11N5OS. The summed E-state index contributed by atoms with van der Waals surface area (Å²) < 4.78 is 7.28. The third-order valence-corrected chi connectivity index (χ3v) is 3.35. The summed E-state index contributed by atoms with van der Waals surface area (Å²) in [6.45, 7) is 2.39. The second-order valence-electron chi connectivity index (χ2n) is 3.84. The van der Waals surface area contributed by atoms with Gasteiger partial charge in [-0.2, -0.15) is 0 Å². The first-order chi connectivity index (χ1) is 8.72. The van der Waals surface area contributed by atoms with Gasteiger partial charge in [0.1, 0.15) is 11.5 Å². The lowest BCUT2D eigenvalue weighted by molar-refractivity contribution is 0.536. The van der Waals surface area contributed by atoms with Gasteiger partial charge in [-0.1, -0.05) is 11.3 Å². The van der Waals surface area contributed by atoms with E-state index in [1.807, 2.05) is 24.4 Å². The van der Waals surface area contributed by atoms with E-state index in [1.54, 1.807) is 22.2 Å². The van der Waals surface area contributed by atoms with E-state index in [9.17, 15) is 0 Å². The van der Waals surface area contributed by atoms with Gasteiger partial charge in [-0.05, 0) is 18.4 Å². The van der Waals surface area contributed by atoms with Gasteiger partial charge in [-0.25, -0.2) is 9.67 Å². The molecule has 6 nitrogen and oxygen atoms in total. The Morgan fingerprint density at radius 3 is 3.06 bits per heavy atom. The Morgan fingerprint density at radius 1 is 1.50 bits per heavy atom. The quantitative estimate of drug-likeness (QED) is 0.779. The van der Waals surface area contributed by atoms with E-state index in [4.69, 9.17) is 10.2 Å². The molecule has 0 aliphatic heterocycles. The van der Waals surface area contributed by atoms with Crippen LogP contribution in [0.1, 0.15) is 11.5 Å². The number of oxazole rings is 1. The highest BCUT2D eigenvalue weighted by Gasteiger charge is 2.13. The van der Waals surface area contributed by atoms with E-state index in [0.29, 0.717) is 18.3 Å². The number of aryl methyl sites for hydroxylation is 1. The smallest absolute Gasteiger partial charge is 0.236 e. The Labute approximate surface area is 107 Å². The molecule has 18 heavy (non-hydrogen) atoms. The number of nitrogens with zero attached hydrogens (tertiary/aromatic N) is 4. The summed E-state index contributed by atoms with van der Waals surface area (Å²) in [4.78, 5) is 5.49. The molecule has 0 bridgehead atoms. The van der Waals surface area contributed by atoms with Crippen molar-refractivity contribution in [1.82, 2.24) is 20.0 Å². The molecule has 92 valence electrons. The van der Waals surface area contributed by atoms with Crippen molar-refractivity contribution in [2.24, 2.45) is 0 Å². The Morgan fingerprint density at radius 2 is 2.39 bits per heavy atom. The number of aromatic nitrogens is 4. The fraction of sp³-hybridized carbons (Fsp3) is 0.182. The van der Waals surface area contributed by atoms with Gasteiger partial charge in [0.15, 0.2) is 5.82 Å². The molecule has 0 fully saturated rings. The van der Waals surface area contributed by atoms with Crippen molar-refractivity contribution in [1.29, 1.82) is 0 Å². The highest BCUT2D eigenvalue weighted by atomic mass is 32.1. The maximum atomic E-state index is 5.64. The number of hydrogen-bond donors (Lipinski definition) is 1. The van der Waals surface area contributed by atoms with Crippen molar-refractivity contribution < 1.29 is 4.42 Å². The Balaban J connectivity index is 1.89. The summed E-state index contributed by atoms with van der Waals surface area (Å²) in [6.07, 6.45) is 1.67. The Hall–Kier alpha value is -2.15. The van der Waals surface area contributed by atoms with Crippen LogP contribution in [0.15, 0.2) is 28.1 Å². The average molecular weight is 261 g/mol. The van der Waals surface area contributed by atoms with E-state index in [2.05, 4.69) is 15.3 Å². The van der Waals surface area contributed by atoms with Gasteiger partial charge in [0.25, 0.3) is 0 Å². The summed E-state index contributed by atoms with van der Waals surface area (Å²) in [6, 6.07) is 3.95. The number of hydrogen-bond acceptors (Lipinski definition) is 6. The second kappa shape index (κ2) is 4.26. The standard InChI is InChI=1S/C11H11N5OS/c1-7-8(5-16-6-10(12)14-15-16)13-11(17-7)9-3-2-4-18-9/h2-4,6H,5,12H2,1H3. The summed E-state index contributed by atoms with van der Waals surface area (Å²) in [5.41, 5.74) is 6.35. The lowest BCUT2D eigenvalue weighted by Crippen LogP contribution is -2.02. The van der Waals surface area contributed by atoms with Crippen molar-refractivity contribution in [3.05, 3.63) is 35.2 Å². The molecule has 3 aromatic heterocycles. The molecule has 0 radical (unpaired) electrons. The molecule has 2 N–H and O–H groups in total. The van der Waals surface area contributed by atoms with Gasteiger partial charge in [0.05, 0.1) is 17.6 Å². The zero-order valence-corrected chi connectivity index (χ0v) is 10.5. The molecule has 0 saturated carbocycles. The van der Waals surface area contributed by atoms with Crippen LogP contribution < -0.4 is 5.73 Å². The molecule has 3 heterocycles. The molecular weight excluding hydrogens is 250 g/mol. The van der Waals surface area contributed by atoms with Crippen LogP contribution in [0.25, 0.3) is 10.8 Å². The predicted molar refractivity (Wildman–Crippen MR) is 68.1 cm³/mol. The monoisotopic (exact) mass is 261 g/mol. The molecule has 0 saturated heterocycles. The van der Waals surface area contributed by atoms with Gasteiger partial charge in [-0.3, -0.25) is 0 Å². The number of nitrogen functional groups attached to an aromatic ring is 1. The minimum absolute atomic E-state index is 0.398.